The quantitative estimate of drug-likeness (QED) is 0.498. The van der Waals surface area contributed by atoms with Gasteiger partial charge in [-0.25, -0.2) is 8.42 Å². The molecule has 0 unspecified atom stereocenters. The van der Waals surface area contributed by atoms with Gasteiger partial charge in [-0.15, -0.1) is 25.6 Å². The average molecular weight is 530 g/mol. The second-order valence-electron chi connectivity index (χ2n) is 7.99. The van der Waals surface area contributed by atoms with E-state index in [0.29, 0.717) is 47.5 Å². The summed E-state index contributed by atoms with van der Waals surface area (Å²) in [7, 11) is -3.44. The number of fused-ring (bicyclic) bond motifs is 1. The number of rotatable bonds is 6. The molecular formula is C23H23ClF3N3O4S. The number of sulfone groups is 1. The Bertz CT molecular complexity index is 1340. The molecule has 2 aromatic carbocycles. The largest absolute Gasteiger partial charge is 0.573 e. The Hall–Kier alpha value is -3.02. The number of carbonyl (C=O) groups excluding carboxylic acids is 1. The van der Waals surface area contributed by atoms with Gasteiger partial charge < -0.3 is 20.4 Å². The van der Waals surface area contributed by atoms with Crippen LogP contribution in [0.4, 0.5) is 13.2 Å². The van der Waals surface area contributed by atoms with Crippen molar-refractivity contribution in [2.24, 2.45) is 5.73 Å². The van der Waals surface area contributed by atoms with Gasteiger partial charge in [-0.2, -0.15) is 0 Å². The lowest BCUT2D eigenvalue weighted by Gasteiger charge is -2.26. The molecule has 1 aliphatic rings. The van der Waals surface area contributed by atoms with Crippen molar-refractivity contribution in [1.29, 1.82) is 0 Å². The molecule has 4 rings (SSSR count). The van der Waals surface area contributed by atoms with Crippen molar-refractivity contribution < 1.29 is 31.1 Å². The molecule has 3 N–H and O–H groups in total. The molecule has 2 heterocycles. The molecule has 1 amide bonds. The van der Waals surface area contributed by atoms with Crippen molar-refractivity contribution >= 4 is 28.2 Å². The van der Waals surface area contributed by atoms with Crippen molar-refractivity contribution in [3.63, 3.8) is 0 Å². The van der Waals surface area contributed by atoms with Gasteiger partial charge in [0.2, 0.25) is 0 Å². The number of nitrogens with two attached hydrogens (primary N) is 1. The topological polar surface area (TPSA) is 103 Å². The summed E-state index contributed by atoms with van der Waals surface area (Å²) < 4.78 is 68.0. The standard InChI is InChI=1S/C23H22F3N3O4S.ClH/c1-34(31,32)18-7-5-14(6-8-18)20-19(15-3-2-4-17(11-15)33-23(24,25)26)13-29-16(9-10-27)12-28-22(30)21(20)29;/h2-8,11,13,16H,9-10,12,27H2,1H3,(H,28,30);1H/t16-;/m0./s1. The molecule has 1 atom stereocenters. The summed E-state index contributed by atoms with van der Waals surface area (Å²) in [6.07, 6.45) is -1.47. The maximum atomic E-state index is 12.9. The van der Waals surface area contributed by atoms with Gasteiger partial charge in [-0.3, -0.25) is 4.79 Å². The number of alkyl halides is 3. The van der Waals surface area contributed by atoms with E-state index >= 15 is 0 Å². The molecule has 3 aromatic rings. The Kier molecular flexibility index (Phi) is 7.53. The third kappa shape index (κ3) is 5.63. The molecule has 0 saturated heterocycles. The van der Waals surface area contributed by atoms with E-state index in [4.69, 9.17) is 5.73 Å². The van der Waals surface area contributed by atoms with Crippen molar-refractivity contribution in [2.75, 3.05) is 19.3 Å². The number of benzene rings is 2. The highest BCUT2D eigenvalue weighted by Gasteiger charge is 2.33. The van der Waals surface area contributed by atoms with Crippen LogP contribution in [-0.2, 0) is 9.84 Å². The van der Waals surface area contributed by atoms with Crippen LogP contribution >= 0.6 is 12.4 Å². The lowest BCUT2D eigenvalue weighted by molar-refractivity contribution is -0.274. The zero-order valence-electron chi connectivity index (χ0n) is 18.5. The number of nitrogens with one attached hydrogen (secondary N) is 1. The number of ether oxygens (including phenoxy) is 1. The first-order chi connectivity index (χ1) is 16.0. The van der Waals surface area contributed by atoms with E-state index in [2.05, 4.69) is 10.1 Å². The number of hydrogen-bond donors (Lipinski definition) is 2. The summed E-state index contributed by atoms with van der Waals surface area (Å²) in [6, 6.07) is 11.4. The van der Waals surface area contributed by atoms with Gasteiger partial charge in [0.1, 0.15) is 11.4 Å². The molecule has 7 nitrogen and oxygen atoms in total. The van der Waals surface area contributed by atoms with Crippen molar-refractivity contribution in [3.8, 4) is 28.0 Å². The third-order valence-corrected chi connectivity index (χ3v) is 6.72. The fourth-order valence-corrected chi connectivity index (χ4v) is 4.74. The first-order valence-corrected chi connectivity index (χ1v) is 12.3. The second-order valence-corrected chi connectivity index (χ2v) is 10.0. The highest BCUT2D eigenvalue weighted by molar-refractivity contribution is 7.90. The van der Waals surface area contributed by atoms with Gasteiger partial charge in [-0.1, -0.05) is 24.3 Å². The van der Waals surface area contributed by atoms with Crippen LogP contribution in [0, 0.1) is 0 Å². The fraction of sp³-hybridized carbons (Fsp3) is 0.261. The number of hydrogen-bond acceptors (Lipinski definition) is 5. The summed E-state index contributed by atoms with van der Waals surface area (Å²) in [5, 5.41) is 2.84. The zero-order valence-corrected chi connectivity index (χ0v) is 20.1. The van der Waals surface area contributed by atoms with E-state index in [1.54, 1.807) is 29.0 Å². The number of halogens is 4. The summed E-state index contributed by atoms with van der Waals surface area (Å²) in [5.41, 5.74) is 8.01. The molecule has 0 saturated carbocycles. The van der Waals surface area contributed by atoms with Gasteiger partial charge in [0.05, 0.1) is 10.9 Å². The van der Waals surface area contributed by atoms with Gasteiger partial charge in [0, 0.05) is 30.1 Å². The summed E-state index contributed by atoms with van der Waals surface area (Å²) in [5.74, 6) is -0.736. The Morgan fingerprint density at radius 2 is 1.83 bits per heavy atom. The predicted octanol–water partition coefficient (Wildman–Crippen LogP) is 4.18. The van der Waals surface area contributed by atoms with E-state index in [1.807, 2.05) is 0 Å². The molecule has 0 fully saturated rings. The smallest absolute Gasteiger partial charge is 0.406 e. The minimum absolute atomic E-state index is 0. The normalized spacial score (nSPS) is 15.7. The lowest BCUT2D eigenvalue weighted by Crippen LogP contribution is -2.39. The number of aromatic nitrogens is 1. The van der Waals surface area contributed by atoms with Crippen LogP contribution in [0.5, 0.6) is 5.75 Å². The van der Waals surface area contributed by atoms with E-state index in [0.717, 1.165) is 6.26 Å². The predicted molar refractivity (Wildman–Crippen MR) is 127 cm³/mol. The van der Waals surface area contributed by atoms with Gasteiger partial charge in [0.25, 0.3) is 5.91 Å². The number of amides is 1. The maximum absolute atomic E-state index is 12.9. The average Bonchev–Trinajstić information content (AvgIpc) is 3.16. The van der Waals surface area contributed by atoms with Crippen molar-refractivity contribution in [2.45, 2.75) is 23.7 Å². The molecule has 35 heavy (non-hydrogen) atoms. The van der Waals surface area contributed by atoms with Crippen LogP contribution < -0.4 is 15.8 Å². The molecular weight excluding hydrogens is 507 g/mol. The zero-order chi connectivity index (χ0) is 24.7. The van der Waals surface area contributed by atoms with E-state index in [9.17, 15) is 26.4 Å². The highest BCUT2D eigenvalue weighted by atomic mass is 35.5. The SMILES string of the molecule is CS(=O)(=O)c1ccc(-c2c(-c3cccc(OC(F)(F)F)c3)cn3c2C(=O)NC[C@@H]3CCN)cc1.Cl. The Labute approximate surface area is 206 Å². The van der Waals surface area contributed by atoms with E-state index in [-0.39, 0.29) is 29.3 Å². The summed E-state index contributed by atoms with van der Waals surface area (Å²) in [6.45, 7) is 0.738. The highest BCUT2D eigenvalue weighted by Crippen LogP contribution is 2.41. The first kappa shape index (κ1) is 26.6. The molecule has 12 heteroatoms. The van der Waals surface area contributed by atoms with Crippen LogP contribution in [0.15, 0.2) is 59.6 Å². The molecule has 0 radical (unpaired) electrons. The molecule has 0 bridgehead atoms. The minimum Gasteiger partial charge on any atom is -0.406 e. The van der Waals surface area contributed by atoms with E-state index in [1.165, 1.54) is 30.3 Å². The lowest BCUT2D eigenvalue weighted by atomic mass is 9.96. The fourth-order valence-electron chi connectivity index (χ4n) is 4.11. The summed E-state index contributed by atoms with van der Waals surface area (Å²) >= 11 is 0. The van der Waals surface area contributed by atoms with Crippen LogP contribution in [0.25, 0.3) is 22.3 Å². The Morgan fingerprint density at radius 3 is 2.43 bits per heavy atom. The van der Waals surface area contributed by atoms with Crippen LogP contribution in [-0.4, -0.2) is 44.6 Å². The molecule has 188 valence electrons. The second kappa shape index (κ2) is 9.92. The first-order valence-electron chi connectivity index (χ1n) is 10.4. The maximum Gasteiger partial charge on any atom is 0.573 e. The monoisotopic (exact) mass is 529 g/mol. The summed E-state index contributed by atoms with van der Waals surface area (Å²) in [4.78, 5) is 13.0. The number of carbonyl (C=O) groups is 1. The Morgan fingerprint density at radius 1 is 1.14 bits per heavy atom. The van der Waals surface area contributed by atoms with Gasteiger partial charge >= 0.3 is 6.36 Å². The number of nitrogens with zero attached hydrogens (tertiary/aromatic N) is 1. The molecule has 0 aliphatic carbocycles. The Balaban J connectivity index is 0.00000342. The van der Waals surface area contributed by atoms with Crippen molar-refractivity contribution in [1.82, 2.24) is 9.88 Å². The molecule has 0 spiro atoms. The van der Waals surface area contributed by atoms with Crippen LogP contribution in [0.1, 0.15) is 23.0 Å². The molecule has 1 aromatic heterocycles. The van der Waals surface area contributed by atoms with E-state index < -0.39 is 21.9 Å². The minimum atomic E-state index is -4.85. The van der Waals surface area contributed by atoms with Crippen LogP contribution in [0.2, 0.25) is 0 Å². The van der Waals surface area contributed by atoms with Gasteiger partial charge in [-0.05, 0) is 48.4 Å². The van der Waals surface area contributed by atoms with Gasteiger partial charge in [0.15, 0.2) is 9.84 Å². The van der Waals surface area contributed by atoms with Crippen LogP contribution in [0.3, 0.4) is 0 Å². The van der Waals surface area contributed by atoms with Crippen molar-refractivity contribution in [3.05, 3.63) is 60.4 Å². The third-order valence-electron chi connectivity index (χ3n) is 5.59. The molecule has 1 aliphatic heterocycles.